The van der Waals surface area contributed by atoms with E-state index in [0.29, 0.717) is 24.8 Å². The lowest BCUT2D eigenvalue weighted by Crippen LogP contribution is -2.69. The second-order valence-corrected chi connectivity index (χ2v) is 11.6. The molecule has 32 heavy (non-hydrogen) atoms. The Morgan fingerprint density at radius 1 is 1.31 bits per heavy atom. The lowest BCUT2D eigenvalue weighted by Gasteiger charge is -2.62. The van der Waals surface area contributed by atoms with Crippen molar-refractivity contribution >= 4 is 19.4 Å². The molecule has 0 aromatic carbocycles. The van der Waals surface area contributed by atoms with Gasteiger partial charge in [0.25, 0.3) is 0 Å². The molecule has 0 amide bonds. The number of Topliss-reactive ketones (excluding diaryl/α,β-unsaturated/α-hetero) is 1. The molecule has 10 heteroatoms. The molecule has 0 aliphatic heterocycles. The fraction of sp³-hybridized carbons (Fsp3) is 0.727. The number of carbonyl (C=O) groups excluding carboxylic acids is 2. The number of fused-ring (bicyclic) bond motifs is 5. The molecule has 0 unspecified atom stereocenters. The van der Waals surface area contributed by atoms with E-state index in [0.717, 1.165) is 0 Å². The Hall–Kier alpha value is -1.22. The minimum Gasteiger partial charge on any atom is -0.390 e. The van der Waals surface area contributed by atoms with Crippen molar-refractivity contribution in [1.29, 1.82) is 0 Å². The van der Waals surface area contributed by atoms with Crippen molar-refractivity contribution in [2.45, 2.75) is 63.8 Å². The Morgan fingerprint density at radius 3 is 2.59 bits per heavy atom. The van der Waals surface area contributed by atoms with Gasteiger partial charge in [0.2, 0.25) is 0 Å². The zero-order valence-corrected chi connectivity index (χ0v) is 19.2. The summed E-state index contributed by atoms with van der Waals surface area (Å²) in [5.74, 6) is -2.87. The molecule has 8 atom stereocenters. The standard InChI is InChI=1S/C22H30FO8P/c1-12-8-16-15-5-4-13-9-14(24)6-7-19(13,2)21(15,23)17(25)10-20(16,3)22(12,27)18(26)11-31-32(28,29)30/h6-7,9,12,15-17,25,27H,4-5,8,10-11H2,1-3H3,(H2,28,29,30)/t12-,15+,16+,17-,19+,20+,21+,22-/m1/s1. The summed E-state index contributed by atoms with van der Waals surface area (Å²) in [4.78, 5) is 42.8. The van der Waals surface area contributed by atoms with Crippen molar-refractivity contribution < 1.29 is 43.1 Å². The molecule has 0 spiro atoms. The molecule has 0 aromatic heterocycles. The maximum absolute atomic E-state index is 17.0. The van der Waals surface area contributed by atoms with Crippen LogP contribution in [0.3, 0.4) is 0 Å². The van der Waals surface area contributed by atoms with E-state index >= 15 is 4.39 Å². The van der Waals surface area contributed by atoms with E-state index in [1.165, 1.54) is 18.2 Å². The number of phosphoric acid groups is 1. The summed E-state index contributed by atoms with van der Waals surface area (Å²) < 4.78 is 32.5. The second-order valence-electron chi connectivity index (χ2n) is 10.4. The van der Waals surface area contributed by atoms with Gasteiger partial charge in [-0.1, -0.05) is 25.5 Å². The van der Waals surface area contributed by atoms with Gasteiger partial charge in [-0.3, -0.25) is 14.1 Å². The maximum atomic E-state index is 17.0. The van der Waals surface area contributed by atoms with Gasteiger partial charge in [-0.05, 0) is 56.6 Å². The zero-order valence-electron chi connectivity index (χ0n) is 18.3. The first kappa shape index (κ1) is 23.9. The normalized spacial score (nSPS) is 48.0. The molecule has 3 saturated carbocycles. The van der Waals surface area contributed by atoms with E-state index in [4.69, 9.17) is 9.79 Å². The van der Waals surface area contributed by atoms with Crippen LogP contribution in [0, 0.1) is 28.6 Å². The third-order valence-corrected chi connectivity index (χ3v) is 9.48. The van der Waals surface area contributed by atoms with Crippen LogP contribution >= 0.6 is 7.82 Å². The van der Waals surface area contributed by atoms with Gasteiger partial charge < -0.3 is 20.0 Å². The summed E-state index contributed by atoms with van der Waals surface area (Å²) in [6.07, 6.45) is 3.70. The van der Waals surface area contributed by atoms with E-state index in [1.807, 2.05) is 0 Å². The lowest BCUT2D eigenvalue weighted by atomic mass is 9.44. The number of halogens is 1. The zero-order chi connectivity index (χ0) is 23.9. The smallest absolute Gasteiger partial charge is 0.390 e. The van der Waals surface area contributed by atoms with Gasteiger partial charge >= 0.3 is 7.82 Å². The van der Waals surface area contributed by atoms with Gasteiger partial charge in [0.1, 0.15) is 12.2 Å². The van der Waals surface area contributed by atoms with E-state index in [2.05, 4.69) is 4.52 Å². The number of alkyl halides is 1. The topological polar surface area (TPSA) is 141 Å². The molecule has 178 valence electrons. The van der Waals surface area contributed by atoms with Crippen LogP contribution in [0.5, 0.6) is 0 Å². The number of hydrogen-bond donors (Lipinski definition) is 4. The van der Waals surface area contributed by atoms with Gasteiger partial charge in [-0.15, -0.1) is 0 Å². The summed E-state index contributed by atoms with van der Waals surface area (Å²) in [7, 11) is -4.93. The van der Waals surface area contributed by atoms with Gasteiger partial charge in [0, 0.05) is 16.7 Å². The molecule has 4 N–H and O–H groups in total. The molecule has 0 radical (unpaired) electrons. The minimum absolute atomic E-state index is 0.211. The molecule has 4 aliphatic carbocycles. The van der Waals surface area contributed by atoms with E-state index < -0.39 is 66.2 Å². The van der Waals surface area contributed by atoms with Crippen LogP contribution in [-0.4, -0.2) is 55.5 Å². The Labute approximate surface area is 185 Å². The summed E-state index contributed by atoms with van der Waals surface area (Å²) in [5, 5.41) is 22.8. The Bertz CT molecular complexity index is 973. The number of aliphatic hydroxyl groups is 2. The number of ketones is 2. The largest absolute Gasteiger partial charge is 0.470 e. The van der Waals surface area contributed by atoms with Crippen molar-refractivity contribution in [3.8, 4) is 0 Å². The number of phosphoric ester groups is 1. The molecular weight excluding hydrogens is 442 g/mol. The Kier molecular flexibility index (Phi) is 5.34. The molecule has 0 bridgehead atoms. The third-order valence-electron chi connectivity index (χ3n) is 9.01. The molecule has 8 nitrogen and oxygen atoms in total. The van der Waals surface area contributed by atoms with Crippen molar-refractivity contribution in [1.82, 2.24) is 0 Å². The number of carbonyl (C=O) groups is 2. The predicted octanol–water partition coefficient (Wildman–Crippen LogP) is 2.01. The van der Waals surface area contributed by atoms with Crippen LogP contribution in [0.25, 0.3) is 0 Å². The lowest BCUT2D eigenvalue weighted by molar-refractivity contribution is -0.219. The number of hydrogen-bond acceptors (Lipinski definition) is 6. The van der Waals surface area contributed by atoms with Crippen LogP contribution < -0.4 is 0 Å². The predicted molar refractivity (Wildman–Crippen MR) is 111 cm³/mol. The van der Waals surface area contributed by atoms with Gasteiger partial charge in [0.15, 0.2) is 17.2 Å². The van der Waals surface area contributed by atoms with E-state index in [1.54, 1.807) is 20.8 Å². The highest BCUT2D eigenvalue weighted by Crippen LogP contribution is 2.70. The molecule has 0 saturated heterocycles. The average Bonchev–Trinajstić information content (AvgIpc) is 2.89. The van der Waals surface area contributed by atoms with Crippen LogP contribution in [0.1, 0.15) is 46.5 Å². The molecule has 4 aliphatic rings. The highest BCUT2D eigenvalue weighted by molar-refractivity contribution is 7.46. The fourth-order valence-electron chi connectivity index (χ4n) is 7.39. The molecule has 0 heterocycles. The number of rotatable bonds is 4. The summed E-state index contributed by atoms with van der Waals surface area (Å²) >= 11 is 0. The van der Waals surface area contributed by atoms with Crippen molar-refractivity contribution in [2.75, 3.05) is 6.61 Å². The first-order chi connectivity index (χ1) is 14.6. The summed E-state index contributed by atoms with van der Waals surface area (Å²) in [6.45, 7) is 4.00. The highest BCUT2D eigenvalue weighted by Gasteiger charge is 2.75. The fourth-order valence-corrected chi connectivity index (χ4v) is 7.68. The minimum atomic E-state index is -4.93. The number of allylic oxidation sites excluding steroid dienone is 4. The van der Waals surface area contributed by atoms with Crippen molar-refractivity contribution in [3.63, 3.8) is 0 Å². The van der Waals surface area contributed by atoms with Gasteiger partial charge in [0.05, 0.1) is 6.10 Å². The molecule has 4 rings (SSSR count). The molecule has 0 aromatic rings. The van der Waals surface area contributed by atoms with Gasteiger partial charge in [-0.2, -0.15) is 0 Å². The van der Waals surface area contributed by atoms with Crippen LogP contribution in [0.2, 0.25) is 0 Å². The average molecular weight is 472 g/mol. The van der Waals surface area contributed by atoms with Gasteiger partial charge in [-0.25, -0.2) is 8.96 Å². The third kappa shape index (κ3) is 2.95. The first-order valence-electron chi connectivity index (χ1n) is 10.9. The maximum Gasteiger partial charge on any atom is 0.470 e. The summed E-state index contributed by atoms with van der Waals surface area (Å²) in [6, 6.07) is 0. The Morgan fingerprint density at radius 2 is 1.97 bits per heavy atom. The summed E-state index contributed by atoms with van der Waals surface area (Å²) in [5.41, 5.74) is -5.88. The van der Waals surface area contributed by atoms with Crippen LogP contribution in [0.4, 0.5) is 4.39 Å². The van der Waals surface area contributed by atoms with Crippen molar-refractivity contribution in [2.24, 2.45) is 28.6 Å². The van der Waals surface area contributed by atoms with Crippen LogP contribution in [0.15, 0.2) is 23.8 Å². The SMILES string of the molecule is C[C@@H]1C[C@H]2[C@@H]3CCC4=CC(=O)C=C[C@]4(C)[C@@]3(F)[C@H](O)C[C@]2(C)[C@]1(O)C(=O)COP(=O)(O)O. The van der Waals surface area contributed by atoms with E-state index in [-0.39, 0.29) is 12.2 Å². The molecular formula is C22H30FO8P. The molecule has 3 fully saturated rings. The Balaban J connectivity index is 1.74. The van der Waals surface area contributed by atoms with Crippen LogP contribution in [-0.2, 0) is 18.7 Å². The quantitative estimate of drug-likeness (QED) is 0.456. The highest BCUT2D eigenvalue weighted by atomic mass is 31.2. The monoisotopic (exact) mass is 472 g/mol. The first-order valence-corrected chi connectivity index (χ1v) is 12.4. The number of aliphatic hydroxyl groups excluding tert-OH is 1. The second kappa shape index (κ2) is 7.14. The van der Waals surface area contributed by atoms with E-state index in [9.17, 15) is 24.4 Å². The van der Waals surface area contributed by atoms with Crippen molar-refractivity contribution in [3.05, 3.63) is 23.8 Å².